The number of amides is 1. The van der Waals surface area contributed by atoms with Gasteiger partial charge in [-0.1, -0.05) is 0 Å². The molecular formula is C12H12BrN3O2. The Kier molecular flexibility index (Phi) is 4.35. The molecule has 94 valence electrons. The van der Waals surface area contributed by atoms with Crippen molar-refractivity contribution in [1.82, 2.24) is 15.3 Å². The highest BCUT2D eigenvalue weighted by molar-refractivity contribution is 9.10. The fourth-order valence-corrected chi connectivity index (χ4v) is 1.69. The molecule has 18 heavy (non-hydrogen) atoms. The van der Waals surface area contributed by atoms with Crippen molar-refractivity contribution in [2.75, 3.05) is 6.54 Å². The van der Waals surface area contributed by atoms with Crippen LogP contribution in [0.5, 0.6) is 0 Å². The van der Waals surface area contributed by atoms with Gasteiger partial charge in [0.15, 0.2) is 4.67 Å². The number of aromatic amines is 1. The molecule has 0 aromatic carbocycles. The van der Waals surface area contributed by atoms with Crippen LogP contribution in [0.4, 0.5) is 0 Å². The predicted octanol–water partition coefficient (Wildman–Crippen LogP) is 2.14. The molecule has 6 heteroatoms. The molecule has 0 bridgehead atoms. The van der Waals surface area contributed by atoms with E-state index in [0.29, 0.717) is 23.4 Å². The average Bonchev–Trinajstić information content (AvgIpc) is 2.98. The Morgan fingerprint density at radius 2 is 2.44 bits per heavy atom. The van der Waals surface area contributed by atoms with E-state index in [4.69, 9.17) is 4.42 Å². The molecule has 0 saturated carbocycles. The fourth-order valence-electron chi connectivity index (χ4n) is 1.37. The number of hydrogen-bond acceptors (Lipinski definition) is 3. The van der Waals surface area contributed by atoms with Gasteiger partial charge in [0.1, 0.15) is 11.6 Å². The van der Waals surface area contributed by atoms with E-state index in [2.05, 4.69) is 31.2 Å². The number of rotatable bonds is 5. The number of H-pyrrole nitrogens is 1. The van der Waals surface area contributed by atoms with E-state index in [-0.39, 0.29) is 5.91 Å². The molecular weight excluding hydrogens is 298 g/mol. The van der Waals surface area contributed by atoms with Gasteiger partial charge in [-0.15, -0.1) is 0 Å². The van der Waals surface area contributed by atoms with Crippen LogP contribution in [0.3, 0.4) is 0 Å². The van der Waals surface area contributed by atoms with Gasteiger partial charge in [0, 0.05) is 31.4 Å². The van der Waals surface area contributed by atoms with Crippen molar-refractivity contribution in [3.8, 4) is 0 Å². The van der Waals surface area contributed by atoms with Crippen molar-refractivity contribution >= 4 is 27.9 Å². The summed E-state index contributed by atoms with van der Waals surface area (Å²) in [5.74, 6) is 1.33. The Morgan fingerprint density at radius 1 is 1.56 bits per heavy atom. The number of nitrogens with one attached hydrogen (secondary N) is 2. The fraction of sp³-hybridized carbons (Fsp3) is 0.167. The summed E-state index contributed by atoms with van der Waals surface area (Å²) < 4.78 is 5.87. The number of carbonyl (C=O) groups is 1. The molecule has 0 unspecified atom stereocenters. The highest BCUT2D eigenvalue weighted by Crippen LogP contribution is 2.14. The summed E-state index contributed by atoms with van der Waals surface area (Å²) >= 11 is 3.19. The predicted molar refractivity (Wildman–Crippen MR) is 70.7 cm³/mol. The molecule has 2 aromatic heterocycles. The molecule has 0 atom stereocenters. The third-order valence-corrected chi connectivity index (χ3v) is 2.64. The number of furan rings is 1. The van der Waals surface area contributed by atoms with Crippen molar-refractivity contribution in [1.29, 1.82) is 0 Å². The second kappa shape index (κ2) is 6.20. The summed E-state index contributed by atoms with van der Waals surface area (Å²) in [6, 6.07) is 3.55. The molecule has 0 aliphatic carbocycles. The van der Waals surface area contributed by atoms with Gasteiger partial charge in [-0.05, 0) is 34.1 Å². The van der Waals surface area contributed by atoms with Crippen molar-refractivity contribution in [3.05, 3.63) is 46.9 Å². The van der Waals surface area contributed by atoms with Crippen molar-refractivity contribution in [2.24, 2.45) is 0 Å². The lowest BCUT2D eigenvalue weighted by molar-refractivity contribution is -0.116. The van der Waals surface area contributed by atoms with E-state index in [9.17, 15) is 4.79 Å². The first-order chi connectivity index (χ1) is 8.74. The number of aromatic nitrogens is 2. The molecule has 5 nitrogen and oxygen atoms in total. The minimum Gasteiger partial charge on any atom is -0.450 e. The van der Waals surface area contributed by atoms with Gasteiger partial charge >= 0.3 is 0 Å². The Morgan fingerprint density at radius 3 is 3.11 bits per heavy atom. The smallest absolute Gasteiger partial charge is 0.244 e. The maximum atomic E-state index is 11.5. The number of imidazole rings is 1. The van der Waals surface area contributed by atoms with Crippen LogP contribution in [0.25, 0.3) is 6.08 Å². The summed E-state index contributed by atoms with van der Waals surface area (Å²) in [6.45, 7) is 0.540. The first-order valence-corrected chi connectivity index (χ1v) is 6.23. The highest BCUT2D eigenvalue weighted by Gasteiger charge is 1.99. The van der Waals surface area contributed by atoms with Crippen LogP contribution in [0.2, 0.25) is 0 Å². The molecule has 2 rings (SSSR count). The van der Waals surface area contributed by atoms with Crippen molar-refractivity contribution in [2.45, 2.75) is 6.42 Å². The van der Waals surface area contributed by atoms with Crippen molar-refractivity contribution < 1.29 is 9.21 Å². The Labute approximate surface area is 112 Å². The molecule has 2 N–H and O–H groups in total. The van der Waals surface area contributed by atoms with Gasteiger partial charge in [-0.2, -0.15) is 0 Å². The standard InChI is InChI=1S/C12H12BrN3O2/c13-10-3-1-9(18-10)2-4-12(17)16-6-5-11-14-7-8-15-11/h1-4,7-8H,5-6H2,(H,14,15)(H,16,17)/b4-2+. The topological polar surface area (TPSA) is 70.9 Å². The molecule has 0 spiro atoms. The van der Waals surface area contributed by atoms with E-state index in [0.717, 1.165) is 5.82 Å². The van der Waals surface area contributed by atoms with Gasteiger partial charge < -0.3 is 14.7 Å². The van der Waals surface area contributed by atoms with E-state index in [1.807, 2.05) is 0 Å². The van der Waals surface area contributed by atoms with Gasteiger partial charge in [-0.3, -0.25) is 4.79 Å². The maximum absolute atomic E-state index is 11.5. The van der Waals surface area contributed by atoms with Crippen LogP contribution in [-0.4, -0.2) is 22.4 Å². The molecule has 0 saturated heterocycles. The number of nitrogens with zero attached hydrogens (tertiary/aromatic N) is 1. The molecule has 0 fully saturated rings. The third-order valence-electron chi connectivity index (χ3n) is 2.21. The highest BCUT2D eigenvalue weighted by atomic mass is 79.9. The Bertz CT molecular complexity index is 531. The van der Waals surface area contributed by atoms with E-state index in [1.165, 1.54) is 6.08 Å². The number of carbonyl (C=O) groups excluding carboxylic acids is 1. The van der Waals surface area contributed by atoms with Gasteiger partial charge in [0.05, 0.1) is 0 Å². The molecule has 1 amide bonds. The first-order valence-electron chi connectivity index (χ1n) is 5.43. The van der Waals surface area contributed by atoms with E-state index in [1.54, 1.807) is 30.6 Å². The molecule has 2 aromatic rings. The van der Waals surface area contributed by atoms with Gasteiger partial charge in [0.2, 0.25) is 5.91 Å². The zero-order valence-corrected chi connectivity index (χ0v) is 11.1. The molecule has 0 aliphatic heterocycles. The quantitative estimate of drug-likeness (QED) is 0.831. The first kappa shape index (κ1) is 12.6. The second-order valence-electron chi connectivity index (χ2n) is 3.55. The van der Waals surface area contributed by atoms with Crippen LogP contribution < -0.4 is 5.32 Å². The summed E-state index contributed by atoms with van der Waals surface area (Å²) in [5.41, 5.74) is 0. The van der Waals surface area contributed by atoms with Gasteiger partial charge in [0.25, 0.3) is 0 Å². The lowest BCUT2D eigenvalue weighted by Crippen LogP contribution is -2.23. The van der Waals surface area contributed by atoms with Crippen LogP contribution in [0, 0.1) is 0 Å². The second-order valence-corrected chi connectivity index (χ2v) is 4.33. The largest absolute Gasteiger partial charge is 0.450 e. The van der Waals surface area contributed by atoms with Crippen LogP contribution in [0.1, 0.15) is 11.6 Å². The number of halogens is 1. The van der Waals surface area contributed by atoms with Crippen LogP contribution in [-0.2, 0) is 11.2 Å². The minimum atomic E-state index is -0.158. The summed E-state index contributed by atoms with van der Waals surface area (Å²) in [7, 11) is 0. The zero-order chi connectivity index (χ0) is 12.8. The normalized spacial score (nSPS) is 10.9. The van der Waals surface area contributed by atoms with Gasteiger partial charge in [-0.25, -0.2) is 4.98 Å². The molecule has 2 heterocycles. The SMILES string of the molecule is O=C(/C=C/c1ccc(Br)o1)NCCc1ncc[nH]1. The minimum absolute atomic E-state index is 0.158. The summed E-state index contributed by atoms with van der Waals surface area (Å²) in [5, 5.41) is 2.76. The Hall–Kier alpha value is -1.82. The lowest BCUT2D eigenvalue weighted by atomic mass is 10.3. The number of hydrogen-bond donors (Lipinski definition) is 2. The van der Waals surface area contributed by atoms with Crippen LogP contribution >= 0.6 is 15.9 Å². The van der Waals surface area contributed by atoms with E-state index >= 15 is 0 Å². The summed E-state index contributed by atoms with van der Waals surface area (Å²) in [6.07, 6.45) is 7.18. The maximum Gasteiger partial charge on any atom is 0.244 e. The monoisotopic (exact) mass is 309 g/mol. The zero-order valence-electron chi connectivity index (χ0n) is 9.52. The molecule has 0 aliphatic rings. The molecule has 0 radical (unpaired) electrons. The average molecular weight is 310 g/mol. The van der Waals surface area contributed by atoms with E-state index < -0.39 is 0 Å². The van der Waals surface area contributed by atoms with Crippen molar-refractivity contribution in [3.63, 3.8) is 0 Å². The van der Waals surface area contributed by atoms with Crippen LogP contribution in [0.15, 0.2) is 39.7 Å². The summed E-state index contributed by atoms with van der Waals surface area (Å²) in [4.78, 5) is 18.5. The third kappa shape index (κ3) is 3.89. The lowest BCUT2D eigenvalue weighted by Gasteiger charge is -1.99. The Balaban J connectivity index is 1.73.